The molecule has 0 aliphatic carbocycles. The SMILES string of the molecule is CCNC(=NCC(C)Oc1cccc(OC)c1)NCCCN(C)CCOC.I. The second kappa shape index (κ2) is 16.7. The van der Waals surface area contributed by atoms with Crippen LogP contribution in [0.25, 0.3) is 0 Å². The number of benzene rings is 1. The molecule has 0 fully saturated rings. The second-order valence-corrected chi connectivity index (χ2v) is 6.40. The molecule has 0 amide bonds. The van der Waals surface area contributed by atoms with Crippen molar-refractivity contribution in [1.29, 1.82) is 0 Å². The van der Waals surface area contributed by atoms with E-state index in [4.69, 9.17) is 14.2 Å². The number of nitrogens with one attached hydrogen (secondary N) is 2. The number of rotatable bonds is 13. The van der Waals surface area contributed by atoms with Gasteiger partial charge in [0.05, 0.1) is 20.3 Å². The van der Waals surface area contributed by atoms with Crippen molar-refractivity contribution in [3.05, 3.63) is 24.3 Å². The van der Waals surface area contributed by atoms with Crippen LogP contribution in [0.2, 0.25) is 0 Å². The summed E-state index contributed by atoms with van der Waals surface area (Å²) in [6, 6.07) is 7.62. The van der Waals surface area contributed by atoms with Gasteiger partial charge in [-0.3, -0.25) is 0 Å². The van der Waals surface area contributed by atoms with Crippen molar-refractivity contribution >= 4 is 29.9 Å². The summed E-state index contributed by atoms with van der Waals surface area (Å²) in [6.07, 6.45) is 1.01. The molecule has 1 aromatic rings. The minimum absolute atomic E-state index is 0. The topological polar surface area (TPSA) is 67.4 Å². The lowest BCUT2D eigenvalue weighted by molar-refractivity contribution is 0.161. The molecular formula is C20H37IN4O3. The Morgan fingerprint density at radius 1 is 1.18 bits per heavy atom. The minimum atomic E-state index is -0.0345. The van der Waals surface area contributed by atoms with Crippen LogP contribution in [0, 0.1) is 0 Å². The summed E-state index contributed by atoms with van der Waals surface area (Å²) in [7, 11) is 5.49. The Bertz CT molecular complexity index is 546. The number of hydrogen-bond acceptors (Lipinski definition) is 5. The predicted octanol–water partition coefficient (Wildman–Crippen LogP) is 2.60. The third-order valence-corrected chi connectivity index (χ3v) is 3.92. The second-order valence-electron chi connectivity index (χ2n) is 6.40. The first kappa shape index (κ1) is 26.7. The molecule has 0 aliphatic heterocycles. The summed E-state index contributed by atoms with van der Waals surface area (Å²) in [6.45, 7) is 9.07. The number of halogens is 1. The van der Waals surface area contributed by atoms with Crippen molar-refractivity contribution in [1.82, 2.24) is 15.5 Å². The first-order chi connectivity index (χ1) is 13.1. The van der Waals surface area contributed by atoms with E-state index in [2.05, 4.69) is 34.5 Å². The fourth-order valence-electron chi connectivity index (χ4n) is 2.42. The predicted molar refractivity (Wildman–Crippen MR) is 126 cm³/mol. The lowest BCUT2D eigenvalue weighted by Crippen LogP contribution is -2.39. The smallest absolute Gasteiger partial charge is 0.191 e. The Balaban J connectivity index is 0.00000729. The molecule has 0 saturated heterocycles. The third kappa shape index (κ3) is 12.2. The fourth-order valence-corrected chi connectivity index (χ4v) is 2.42. The molecule has 0 spiro atoms. The van der Waals surface area contributed by atoms with Gasteiger partial charge in [-0.1, -0.05) is 6.07 Å². The standard InChI is InChI=1S/C20H36N4O3.HI/c1-6-21-20(22-11-8-12-24(3)13-14-25-4)23-16-17(2)27-19-10-7-9-18(15-19)26-5;/h7,9-10,15,17H,6,8,11-14,16H2,1-5H3,(H2,21,22,23);1H. The van der Waals surface area contributed by atoms with Crippen LogP contribution in [0.3, 0.4) is 0 Å². The number of nitrogens with zero attached hydrogens (tertiary/aromatic N) is 2. The van der Waals surface area contributed by atoms with Gasteiger partial charge in [0.25, 0.3) is 0 Å². The molecule has 0 aliphatic rings. The van der Waals surface area contributed by atoms with Crippen LogP contribution in [0.5, 0.6) is 11.5 Å². The van der Waals surface area contributed by atoms with E-state index in [1.54, 1.807) is 14.2 Å². The first-order valence-electron chi connectivity index (χ1n) is 9.59. The van der Waals surface area contributed by atoms with E-state index >= 15 is 0 Å². The zero-order valence-electron chi connectivity index (χ0n) is 17.9. The fraction of sp³-hybridized carbons (Fsp3) is 0.650. The molecule has 7 nitrogen and oxygen atoms in total. The van der Waals surface area contributed by atoms with Gasteiger partial charge in [0.1, 0.15) is 17.6 Å². The van der Waals surface area contributed by atoms with Crippen LogP contribution >= 0.6 is 24.0 Å². The minimum Gasteiger partial charge on any atom is -0.497 e. The molecular weight excluding hydrogens is 471 g/mol. The van der Waals surface area contributed by atoms with Crippen molar-refractivity contribution in [3.8, 4) is 11.5 Å². The lowest BCUT2D eigenvalue weighted by atomic mass is 10.3. The molecule has 1 aromatic carbocycles. The summed E-state index contributed by atoms with van der Waals surface area (Å²) < 4.78 is 16.2. The summed E-state index contributed by atoms with van der Waals surface area (Å²) in [5.74, 6) is 2.39. The van der Waals surface area contributed by atoms with Crippen LogP contribution < -0.4 is 20.1 Å². The van der Waals surface area contributed by atoms with Crippen LogP contribution in [0.4, 0.5) is 0 Å². The highest BCUT2D eigenvalue weighted by Crippen LogP contribution is 2.19. The molecule has 8 heteroatoms. The Morgan fingerprint density at radius 2 is 1.93 bits per heavy atom. The highest BCUT2D eigenvalue weighted by atomic mass is 127. The van der Waals surface area contributed by atoms with E-state index in [1.807, 2.05) is 31.2 Å². The average Bonchev–Trinajstić information content (AvgIpc) is 2.67. The van der Waals surface area contributed by atoms with E-state index < -0.39 is 0 Å². The monoisotopic (exact) mass is 508 g/mol. The maximum atomic E-state index is 5.92. The molecule has 162 valence electrons. The van der Waals surface area contributed by atoms with Crippen LogP contribution in [0.1, 0.15) is 20.3 Å². The van der Waals surface area contributed by atoms with Gasteiger partial charge in [-0.25, -0.2) is 4.99 Å². The lowest BCUT2D eigenvalue weighted by Gasteiger charge is -2.17. The largest absolute Gasteiger partial charge is 0.497 e. The zero-order valence-corrected chi connectivity index (χ0v) is 20.2. The van der Waals surface area contributed by atoms with Crippen molar-refractivity contribution < 1.29 is 14.2 Å². The van der Waals surface area contributed by atoms with Crippen molar-refractivity contribution in [2.24, 2.45) is 4.99 Å². The molecule has 1 unspecified atom stereocenters. The van der Waals surface area contributed by atoms with Crippen molar-refractivity contribution in [2.75, 3.05) is 60.6 Å². The van der Waals surface area contributed by atoms with Crippen molar-refractivity contribution in [2.45, 2.75) is 26.4 Å². The number of ether oxygens (including phenoxy) is 3. The van der Waals surface area contributed by atoms with Crippen molar-refractivity contribution in [3.63, 3.8) is 0 Å². The molecule has 2 N–H and O–H groups in total. The van der Waals surface area contributed by atoms with E-state index in [0.29, 0.717) is 6.54 Å². The molecule has 28 heavy (non-hydrogen) atoms. The van der Waals surface area contributed by atoms with E-state index in [9.17, 15) is 0 Å². The number of likely N-dealkylation sites (N-methyl/N-ethyl adjacent to an activating group) is 1. The van der Waals surface area contributed by atoms with Gasteiger partial charge < -0.3 is 29.7 Å². The Morgan fingerprint density at radius 3 is 2.61 bits per heavy atom. The van der Waals surface area contributed by atoms with Gasteiger partial charge in [0, 0.05) is 32.8 Å². The van der Waals surface area contributed by atoms with E-state index in [1.165, 1.54) is 0 Å². The summed E-state index contributed by atoms with van der Waals surface area (Å²) in [4.78, 5) is 6.89. The number of methoxy groups -OCH3 is 2. The van der Waals surface area contributed by atoms with Gasteiger partial charge in [-0.05, 0) is 46.0 Å². The normalized spacial score (nSPS) is 12.3. The summed E-state index contributed by atoms with van der Waals surface area (Å²) >= 11 is 0. The third-order valence-electron chi connectivity index (χ3n) is 3.92. The number of guanidine groups is 1. The first-order valence-corrected chi connectivity index (χ1v) is 9.59. The number of hydrogen-bond donors (Lipinski definition) is 2. The Hall–Kier alpha value is -1.26. The maximum absolute atomic E-state index is 5.92. The molecule has 0 heterocycles. The van der Waals surface area contributed by atoms with Gasteiger partial charge in [0.2, 0.25) is 0 Å². The Labute approximate surface area is 187 Å². The van der Waals surface area contributed by atoms with Crippen LogP contribution in [-0.4, -0.2) is 77.6 Å². The molecule has 1 rings (SSSR count). The van der Waals surface area contributed by atoms with Gasteiger partial charge in [-0.2, -0.15) is 0 Å². The highest BCUT2D eigenvalue weighted by Gasteiger charge is 2.06. The summed E-state index contributed by atoms with van der Waals surface area (Å²) in [5.41, 5.74) is 0. The van der Waals surface area contributed by atoms with Gasteiger partial charge >= 0.3 is 0 Å². The van der Waals surface area contributed by atoms with E-state index in [0.717, 1.165) is 56.7 Å². The average molecular weight is 508 g/mol. The molecule has 1 atom stereocenters. The molecule has 0 aromatic heterocycles. The molecule has 0 bridgehead atoms. The van der Waals surface area contributed by atoms with E-state index in [-0.39, 0.29) is 30.1 Å². The maximum Gasteiger partial charge on any atom is 0.191 e. The zero-order chi connectivity index (χ0) is 19.9. The highest BCUT2D eigenvalue weighted by molar-refractivity contribution is 14.0. The number of aliphatic imine (C=N–C) groups is 1. The van der Waals surface area contributed by atoms with Gasteiger partial charge in [0.15, 0.2) is 5.96 Å². The molecule has 0 radical (unpaired) electrons. The van der Waals surface area contributed by atoms with Crippen LogP contribution in [0.15, 0.2) is 29.3 Å². The Kier molecular flexibility index (Phi) is 15.9. The summed E-state index contributed by atoms with van der Waals surface area (Å²) in [5, 5.41) is 6.65. The quantitative estimate of drug-likeness (QED) is 0.185. The molecule has 0 saturated carbocycles. The van der Waals surface area contributed by atoms with Gasteiger partial charge in [-0.15, -0.1) is 24.0 Å². The van der Waals surface area contributed by atoms with Crippen LogP contribution in [-0.2, 0) is 4.74 Å².